The van der Waals surface area contributed by atoms with E-state index in [1.165, 1.54) is 36.7 Å². The second kappa shape index (κ2) is 12.3. The van der Waals surface area contributed by atoms with Crippen molar-refractivity contribution in [3.63, 3.8) is 0 Å². The Hall–Kier alpha value is -3.67. The first kappa shape index (κ1) is 31.3. The molecule has 0 spiro atoms. The van der Waals surface area contributed by atoms with E-state index >= 15 is 8.78 Å². The molecule has 4 rings (SSSR count). The predicted molar refractivity (Wildman–Crippen MR) is 153 cm³/mol. The lowest BCUT2D eigenvalue weighted by Gasteiger charge is -2.36. The summed E-state index contributed by atoms with van der Waals surface area (Å²) in [5, 5.41) is 3.47. The molecule has 1 saturated heterocycles. The number of anilines is 1. The minimum atomic E-state index is -2.98. The molecule has 3 heterocycles. The highest BCUT2D eigenvalue weighted by Crippen LogP contribution is 2.40. The summed E-state index contributed by atoms with van der Waals surface area (Å²) in [4.78, 5) is 33.6. The fourth-order valence-electron chi connectivity index (χ4n) is 5.38. The maximum Gasteiger partial charge on any atom is 0.266 e. The molecule has 0 radical (unpaired) electrons. The van der Waals surface area contributed by atoms with Crippen LogP contribution in [-0.2, 0) is 17.5 Å². The summed E-state index contributed by atoms with van der Waals surface area (Å²) in [5.41, 5.74) is -2.50. The molecule has 3 aromatic rings. The van der Waals surface area contributed by atoms with Crippen LogP contribution in [0.3, 0.4) is 0 Å². The van der Waals surface area contributed by atoms with Crippen molar-refractivity contribution in [2.75, 3.05) is 45.7 Å². The second-order valence-corrected chi connectivity index (χ2v) is 11.1. The molecular formula is C30H37F4N5O3. The number of likely N-dealkylation sites (tertiary alicyclic amines) is 1. The topological polar surface area (TPSA) is 79.7 Å². The molecule has 1 aliphatic rings. The second-order valence-electron chi connectivity index (χ2n) is 11.1. The lowest BCUT2D eigenvalue weighted by molar-refractivity contribution is -0.131. The van der Waals surface area contributed by atoms with Crippen molar-refractivity contribution in [3.05, 3.63) is 62.8 Å². The van der Waals surface area contributed by atoms with Gasteiger partial charge in [-0.1, -0.05) is 18.2 Å². The molecule has 1 atom stereocenters. The van der Waals surface area contributed by atoms with Crippen LogP contribution in [0.5, 0.6) is 5.75 Å². The molecule has 42 heavy (non-hydrogen) atoms. The first-order chi connectivity index (χ1) is 19.7. The van der Waals surface area contributed by atoms with Gasteiger partial charge < -0.3 is 24.4 Å². The number of aromatic nitrogens is 2. The zero-order chi connectivity index (χ0) is 30.9. The SMILES string of the molecule is CC(=O)N1CCC(F)(c2cc3c(N[C@H](C)c4cccc(C(F)F)c4F)nc(C)c(OCCN(C)C)c3n(C)c2=O)CC1. The van der Waals surface area contributed by atoms with Crippen molar-refractivity contribution in [2.45, 2.75) is 51.7 Å². The van der Waals surface area contributed by atoms with Crippen molar-refractivity contribution in [3.8, 4) is 5.75 Å². The van der Waals surface area contributed by atoms with Crippen molar-refractivity contribution >= 4 is 22.6 Å². The molecule has 228 valence electrons. The molecule has 1 amide bonds. The summed E-state index contributed by atoms with van der Waals surface area (Å²) in [6.07, 6.45) is -3.09. The molecule has 0 unspecified atom stereocenters. The Morgan fingerprint density at radius 3 is 2.45 bits per heavy atom. The lowest BCUT2D eigenvalue weighted by atomic mass is 9.86. The van der Waals surface area contributed by atoms with Crippen LogP contribution < -0.4 is 15.6 Å². The van der Waals surface area contributed by atoms with Crippen LogP contribution in [-0.4, -0.2) is 65.6 Å². The Balaban J connectivity index is 1.86. The van der Waals surface area contributed by atoms with Crippen LogP contribution in [0.2, 0.25) is 0 Å². The molecule has 1 aliphatic heterocycles. The molecule has 1 fully saturated rings. The van der Waals surface area contributed by atoms with Crippen molar-refractivity contribution in [1.82, 2.24) is 19.4 Å². The van der Waals surface area contributed by atoms with Gasteiger partial charge in [-0.05, 0) is 34.0 Å². The fourth-order valence-corrected chi connectivity index (χ4v) is 5.38. The smallest absolute Gasteiger partial charge is 0.266 e. The third-order valence-corrected chi connectivity index (χ3v) is 7.87. The summed E-state index contributed by atoms with van der Waals surface area (Å²) in [5.74, 6) is -0.615. The van der Waals surface area contributed by atoms with Gasteiger partial charge in [0.2, 0.25) is 5.91 Å². The number of alkyl halides is 3. The molecule has 1 N–H and O–H groups in total. The third-order valence-electron chi connectivity index (χ3n) is 7.87. The van der Waals surface area contributed by atoms with Gasteiger partial charge in [0.1, 0.15) is 23.9 Å². The maximum atomic E-state index is 16.5. The Morgan fingerprint density at radius 2 is 1.86 bits per heavy atom. The van der Waals surface area contributed by atoms with Gasteiger partial charge in [-0.25, -0.2) is 22.5 Å². The zero-order valence-electron chi connectivity index (χ0n) is 24.7. The molecular weight excluding hydrogens is 554 g/mol. The number of fused-ring (bicyclic) bond motifs is 1. The first-order valence-electron chi connectivity index (χ1n) is 13.8. The summed E-state index contributed by atoms with van der Waals surface area (Å²) < 4.78 is 65.7. The van der Waals surface area contributed by atoms with Crippen LogP contribution in [0, 0.1) is 12.7 Å². The molecule has 0 aliphatic carbocycles. The number of pyridine rings is 2. The van der Waals surface area contributed by atoms with E-state index in [9.17, 15) is 18.4 Å². The van der Waals surface area contributed by atoms with E-state index in [0.717, 1.165) is 6.07 Å². The number of benzene rings is 1. The Bertz CT molecular complexity index is 1530. The number of nitrogens with zero attached hydrogens (tertiary/aromatic N) is 4. The number of halogens is 4. The highest BCUT2D eigenvalue weighted by Gasteiger charge is 2.40. The number of ether oxygens (including phenoxy) is 1. The highest BCUT2D eigenvalue weighted by molar-refractivity contribution is 5.95. The molecule has 8 nitrogen and oxygen atoms in total. The van der Waals surface area contributed by atoms with Crippen LogP contribution in [0.4, 0.5) is 23.4 Å². The van der Waals surface area contributed by atoms with Crippen molar-refractivity contribution in [1.29, 1.82) is 0 Å². The number of hydrogen-bond donors (Lipinski definition) is 1. The largest absolute Gasteiger partial charge is 0.488 e. The van der Waals surface area contributed by atoms with E-state index in [1.54, 1.807) is 18.7 Å². The van der Waals surface area contributed by atoms with E-state index in [0.29, 0.717) is 35.5 Å². The van der Waals surface area contributed by atoms with E-state index in [-0.39, 0.29) is 48.8 Å². The number of piperidine rings is 1. The van der Waals surface area contributed by atoms with Gasteiger partial charge in [-0.3, -0.25) is 9.59 Å². The minimum absolute atomic E-state index is 0.00956. The van der Waals surface area contributed by atoms with Gasteiger partial charge in [0.15, 0.2) is 5.75 Å². The molecule has 0 bridgehead atoms. The van der Waals surface area contributed by atoms with Gasteiger partial charge in [0.25, 0.3) is 12.0 Å². The van der Waals surface area contributed by atoms with E-state index in [4.69, 9.17) is 4.74 Å². The van der Waals surface area contributed by atoms with E-state index in [2.05, 4.69) is 10.3 Å². The number of likely N-dealkylation sites (N-methyl/N-ethyl adjacent to an activating group) is 1. The molecule has 2 aromatic heterocycles. The number of hydrogen-bond acceptors (Lipinski definition) is 6. The number of carbonyl (C=O) groups is 1. The minimum Gasteiger partial charge on any atom is -0.488 e. The normalized spacial score (nSPS) is 15.9. The molecule has 12 heteroatoms. The highest BCUT2D eigenvalue weighted by atomic mass is 19.3. The number of aryl methyl sites for hydroxylation is 2. The number of nitrogens with one attached hydrogen (secondary N) is 1. The summed E-state index contributed by atoms with van der Waals surface area (Å²) in [6, 6.07) is 4.45. The summed E-state index contributed by atoms with van der Waals surface area (Å²) in [7, 11) is 5.31. The number of rotatable bonds is 9. The number of amides is 1. The predicted octanol–water partition coefficient (Wildman–Crippen LogP) is 5.24. The van der Waals surface area contributed by atoms with Crippen LogP contribution >= 0.6 is 0 Å². The third kappa shape index (κ3) is 6.08. The Labute approximate surface area is 242 Å². The monoisotopic (exact) mass is 591 g/mol. The summed E-state index contributed by atoms with van der Waals surface area (Å²) in [6.45, 7) is 5.94. The molecule has 0 saturated carbocycles. The van der Waals surface area contributed by atoms with Crippen molar-refractivity contribution < 1.29 is 27.1 Å². The molecule has 1 aromatic carbocycles. The first-order valence-corrected chi connectivity index (χ1v) is 13.8. The van der Waals surface area contributed by atoms with Gasteiger partial charge in [0, 0.05) is 57.4 Å². The van der Waals surface area contributed by atoms with Gasteiger partial charge in [0.05, 0.1) is 28.4 Å². The lowest BCUT2D eigenvalue weighted by Crippen LogP contribution is -2.44. The summed E-state index contributed by atoms with van der Waals surface area (Å²) >= 11 is 0. The quantitative estimate of drug-likeness (QED) is 0.343. The van der Waals surface area contributed by atoms with Crippen molar-refractivity contribution in [2.24, 2.45) is 7.05 Å². The van der Waals surface area contributed by atoms with Gasteiger partial charge in [-0.15, -0.1) is 0 Å². The maximum absolute atomic E-state index is 16.5. The van der Waals surface area contributed by atoms with E-state index < -0.39 is 35.1 Å². The van der Waals surface area contributed by atoms with Gasteiger partial charge >= 0.3 is 0 Å². The van der Waals surface area contributed by atoms with Crippen LogP contribution in [0.1, 0.15) is 61.5 Å². The average molecular weight is 592 g/mol. The van der Waals surface area contributed by atoms with Gasteiger partial charge in [-0.2, -0.15) is 0 Å². The standard InChI is InChI=1S/C30H37F4N5O3/c1-17(20-8-7-9-21(24(20)31)27(32)33)35-28-22-16-23(30(34)10-12-39(13-11-30)19(3)40)29(41)38(6)25(22)26(18(2)36-28)42-15-14-37(4)5/h7-9,16-17,27H,10-15H2,1-6H3,(H,35,36)/t17-/m1/s1. The van der Waals surface area contributed by atoms with Crippen LogP contribution in [0.25, 0.3) is 10.9 Å². The number of carbonyl (C=O) groups excluding carboxylic acids is 1. The Morgan fingerprint density at radius 1 is 1.21 bits per heavy atom. The zero-order valence-corrected chi connectivity index (χ0v) is 24.7. The average Bonchev–Trinajstić information content (AvgIpc) is 2.92. The fraction of sp³-hybridized carbons (Fsp3) is 0.500. The Kier molecular flexibility index (Phi) is 9.15. The van der Waals surface area contributed by atoms with E-state index in [1.807, 2.05) is 19.0 Å². The van der Waals surface area contributed by atoms with Crippen LogP contribution in [0.15, 0.2) is 29.1 Å².